The molecule has 29 heavy (non-hydrogen) atoms. The lowest BCUT2D eigenvalue weighted by atomic mass is 9.77. The minimum atomic E-state index is -0.719. The van der Waals surface area contributed by atoms with Crippen molar-refractivity contribution in [3.63, 3.8) is 0 Å². The van der Waals surface area contributed by atoms with Crippen LogP contribution in [0.4, 0.5) is 4.79 Å². The van der Waals surface area contributed by atoms with E-state index in [1.165, 1.54) is 0 Å². The molecule has 0 saturated heterocycles. The smallest absolute Gasteiger partial charge is 0.428 e. The van der Waals surface area contributed by atoms with Gasteiger partial charge in [-0.15, -0.1) is 0 Å². The van der Waals surface area contributed by atoms with Gasteiger partial charge in [-0.25, -0.2) is 4.79 Å². The van der Waals surface area contributed by atoms with Crippen molar-refractivity contribution in [2.75, 3.05) is 0 Å². The lowest BCUT2D eigenvalue weighted by Crippen LogP contribution is -2.26. The molecule has 0 atom stereocenters. The van der Waals surface area contributed by atoms with Gasteiger partial charge < -0.3 is 9.47 Å². The van der Waals surface area contributed by atoms with Crippen LogP contribution in [0.1, 0.15) is 76.9 Å². The lowest BCUT2D eigenvalue weighted by molar-refractivity contribution is 0.0206. The minimum absolute atomic E-state index is 0.130. The van der Waals surface area contributed by atoms with Crippen LogP contribution >= 0.6 is 0 Å². The number of hydrogen-bond acceptors (Lipinski definition) is 4. The Bertz CT molecular complexity index is 861. The summed E-state index contributed by atoms with van der Waals surface area (Å²) in [5.41, 5.74) is 1.62. The van der Waals surface area contributed by atoms with Crippen LogP contribution in [0.5, 0.6) is 5.75 Å². The van der Waals surface area contributed by atoms with Crippen molar-refractivity contribution in [3.8, 4) is 5.75 Å². The Morgan fingerprint density at radius 2 is 1.14 bits per heavy atom. The number of Topliss-reactive ketones (excluding diaryl/α,β-unsaturated/α-hetero) is 1. The number of ether oxygens (including phenoxy) is 2. The Hall–Kier alpha value is -2.62. The SMILES string of the molecule is CC(C)(C)OC(=O)Oc1ccc(C(C)(C)c2ccc(C(=O)C(C)(C)C)cc2)cc1. The van der Waals surface area contributed by atoms with E-state index >= 15 is 0 Å². The van der Waals surface area contributed by atoms with Gasteiger partial charge in [0.05, 0.1) is 0 Å². The van der Waals surface area contributed by atoms with Gasteiger partial charge in [0.15, 0.2) is 5.78 Å². The molecule has 4 nitrogen and oxygen atoms in total. The molecule has 0 aromatic heterocycles. The van der Waals surface area contributed by atoms with Crippen molar-refractivity contribution in [2.24, 2.45) is 5.41 Å². The maximum absolute atomic E-state index is 12.5. The summed E-state index contributed by atoms with van der Waals surface area (Å²) in [7, 11) is 0. The van der Waals surface area contributed by atoms with E-state index in [2.05, 4.69) is 13.8 Å². The molecule has 0 N–H and O–H groups in total. The first-order chi connectivity index (χ1) is 13.2. The molecular formula is C25H32O4. The summed E-state index contributed by atoms with van der Waals surface area (Å²) in [5, 5.41) is 0. The molecule has 0 aliphatic heterocycles. The second-order valence-corrected chi connectivity index (χ2v) is 9.87. The molecule has 0 heterocycles. The number of rotatable bonds is 4. The standard InChI is InChI=1S/C25H32O4/c1-23(2,3)21(26)17-9-11-18(12-10-17)25(7,8)19-13-15-20(16-14-19)28-22(27)29-24(4,5)6/h9-16H,1-8H3. The maximum atomic E-state index is 12.5. The molecule has 0 spiro atoms. The highest BCUT2D eigenvalue weighted by molar-refractivity contribution is 5.99. The van der Waals surface area contributed by atoms with Gasteiger partial charge in [0.2, 0.25) is 0 Å². The van der Waals surface area contributed by atoms with Gasteiger partial charge >= 0.3 is 6.16 Å². The topological polar surface area (TPSA) is 52.6 Å². The van der Waals surface area contributed by atoms with Crippen LogP contribution in [0.25, 0.3) is 0 Å². The number of benzene rings is 2. The van der Waals surface area contributed by atoms with Crippen molar-refractivity contribution < 1.29 is 19.1 Å². The van der Waals surface area contributed by atoms with E-state index in [1.807, 2.05) is 57.2 Å². The molecule has 2 rings (SSSR count). The first kappa shape index (κ1) is 22.7. The minimum Gasteiger partial charge on any atom is -0.428 e. The Morgan fingerprint density at radius 3 is 1.55 bits per heavy atom. The fraction of sp³-hybridized carbons (Fsp3) is 0.440. The van der Waals surface area contributed by atoms with E-state index in [9.17, 15) is 9.59 Å². The zero-order chi connectivity index (χ0) is 22.0. The van der Waals surface area contributed by atoms with Crippen LogP contribution in [0.3, 0.4) is 0 Å². The molecule has 0 unspecified atom stereocenters. The first-order valence-electron chi connectivity index (χ1n) is 9.87. The maximum Gasteiger partial charge on any atom is 0.514 e. The van der Waals surface area contributed by atoms with Crippen LogP contribution in [-0.2, 0) is 10.2 Å². The molecule has 0 fully saturated rings. The quantitative estimate of drug-likeness (QED) is 0.334. The Kier molecular flexibility index (Phi) is 6.27. The highest BCUT2D eigenvalue weighted by Gasteiger charge is 2.26. The largest absolute Gasteiger partial charge is 0.514 e. The van der Waals surface area contributed by atoms with Crippen molar-refractivity contribution in [3.05, 3.63) is 65.2 Å². The molecule has 156 valence electrons. The molecule has 0 bridgehead atoms. The number of hydrogen-bond donors (Lipinski definition) is 0. The van der Waals surface area contributed by atoms with Crippen LogP contribution in [0.15, 0.2) is 48.5 Å². The number of ketones is 1. The van der Waals surface area contributed by atoms with Crippen molar-refractivity contribution in [1.29, 1.82) is 0 Å². The van der Waals surface area contributed by atoms with Gasteiger partial charge in [0, 0.05) is 16.4 Å². The third kappa shape index (κ3) is 5.93. The van der Waals surface area contributed by atoms with Gasteiger partial charge in [0.25, 0.3) is 0 Å². The molecule has 4 heteroatoms. The van der Waals surface area contributed by atoms with Gasteiger partial charge in [-0.3, -0.25) is 4.79 Å². The van der Waals surface area contributed by atoms with Crippen molar-refractivity contribution >= 4 is 11.9 Å². The average molecular weight is 397 g/mol. The summed E-state index contributed by atoms with van der Waals surface area (Å²) in [6.45, 7) is 15.4. The van der Waals surface area contributed by atoms with E-state index in [0.29, 0.717) is 5.75 Å². The van der Waals surface area contributed by atoms with E-state index in [0.717, 1.165) is 16.7 Å². The van der Waals surface area contributed by atoms with Crippen LogP contribution < -0.4 is 4.74 Å². The second kappa shape index (κ2) is 8.02. The molecule has 0 aliphatic rings. The summed E-state index contributed by atoms with van der Waals surface area (Å²) in [6.07, 6.45) is -0.719. The van der Waals surface area contributed by atoms with Crippen LogP contribution in [0, 0.1) is 5.41 Å². The highest BCUT2D eigenvalue weighted by atomic mass is 16.7. The van der Waals surface area contributed by atoms with Crippen LogP contribution in [0.2, 0.25) is 0 Å². The third-order valence-electron chi connectivity index (χ3n) is 4.72. The normalized spacial score (nSPS) is 12.4. The van der Waals surface area contributed by atoms with Gasteiger partial charge in [0.1, 0.15) is 11.4 Å². The fourth-order valence-electron chi connectivity index (χ4n) is 2.94. The van der Waals surface area contributed by atoms with E-state index in [4.69, 9.17) is 9.47 Å². The van der Waals surface area contributed by atoms with Gasteiger partial charge in [-0.2, -0.15) is 0 Å². The lowest BCUT2D eigenvalue weighted by Gasteiger charge is -2.27. The van der Waals surface area contributed by atoms with E-state index < -0.39 is 17.2 Å². The Labute approximate surface area is 174 Å². The predicted octanol–water partition coefficient (Wildman–Crippen LogP) is 6.56. The van der Waals surface area contributed by atoms with Gasteiger partial charge in [-0.05, 0) is 44.0 Å². The molecular weight excluding hydrogens is 364 g/mol. The molecule has 0 radical (unpaired) electrons. The first-order valence-corrected chi connectivity index (χ1v) is 9.87. The summed E-state index contributed by atoms with van der Waals surface area (Å²) < 4.78 is 10.4. The monoisotopic (exact) mass is 396 g/mol. The second-order valence-electron chi connectivity index (χ2n) is 9.87. The number of carbonyl (C=O) groups excluding carboxylic acids is 2. The van der Waals surface area contributed by atoms with Crippen LogP contribution in [-0.4, -0.2) is 17.5 Å². The molecule has 2 aromatic carbocycles. The predicted molar refractivity (Wildman–Crippen MR) is 116 cm³/mol. The Balaban J connectivity index is 2.17. The summed E-state index contributed by atoms with van der Waals surface area (Å²) in [4.78, 5) is 24.3. The van der Waals surface area contributed by atoms with E-state index in [1.54, 1.807) is 32.9 Å². The zero-order valence-electron chi connectivity index (χ0n) is 18.8. The molecule has 0 amide bonds. The molecule has 0 saturated carbocycles. The summed E-state index contributed by atoms with van der Waals surface area (Å²) >= 11 is 0. The molecule has 0 aliphatic carbocycles. The zero-order valence-corrected chi connectivity index (χ0v) is 18.8. The summed E-state index contributed by atoms with van der Waals surface area (Å²) in [6, 6.07) is 15.2. The third-order valence-corrected chi connectivity index (χ3v) is 4.72. The highest BCUT2D eigenvalue weighted by Crippen LogP contribution is 2.33. The van der Waals surface area contributed by atoms with Gasteiger partial charge in [-0.1, -0.05) is 71.0 Å². The van der Waals surface area contributed by atoms with E-state index in [-0.39, 0.29) is 11.2 Å². The Morgan fingerprint density at radius 1 is 0.690 bits per heavy atom. The van der Waals surface area contributed by atoms with Crippen molar-refractivity contribution in [1.82, 2.24) is 0 Å². The molecule has 2 aromatic rings. The summed E-state index contributed by atoms with van der Waals surface area (Å²) in [5.74, 6) is 0.565. The fourth-order valence-corrected chi connectivity index (χ4v) is 2.94. The average Bonchev–Trinajstić information content (AvgIpc) is 2.59. The van der Waals surface area contributed by atoms with Crippen molar-refractivity contribution in [2.45, 2.75) is 66.4 Å². The number of carbonyl (C=O) groups is 2.